The molecule has 22 heavy (non-hydrogen) atoms. The van der Waals surface area contributed by atoms with E-state index in [4.69, 9.17) is 0 Å². The Labute approximate surface area is 131 Å². The summed E-state index contributed by atoms with van der Waals surface area (Å²) in [7, 11) is 0. The second-order valence-electron chi connectivity index (χ2n) is 4.66. The predicted octanol–water partition coefficient (Wildman–Crippen LogP) is 4.88. The molecule has 2 aromatic carbocycles. The quantitative estimate of drug-likeness (QED) is 0.752. The third-order valence-electron chi connectivity index (χ3n) is 3.26. The summed E-state index contributed by atoms with van der Waals surface area (Å²) in [6.45, 7) is 0. The Morgan fingerprint density at radius 1 is 0.727 bits per heavy atom. The Hall–Kier alpha value is -1.47. The molecule has 2 rings (SSSR count). The molecule has 118 valence electrons. The zero-order valence-corrected chi connectivity index (χ0v) is 12.5. The van der Waals surface area contributed by atoms with Crippen LogP contribution in [0.1, 0.15) is 11.1 Å². The van der Waals surface area contributed by atoms with Crippen molar-refractivity contribution < 1.29 is 27.1 Å². The van der Waals surface area contributed by atoms with Crippen LogP contribution in [0.15, 0.2) is 59.1 Å². The summed E-state index contributed by atoms with van der Waals surface area (Å²) in [5, 5.41) is 10.4. The first-order valence-corrected chi connectivity index (χ1v) is 6.88. The molecule has 0 fully saturated rings. The Morgan fingerprint density at radius 3 is 1.64 bits per heavy atom. The number of aliphatic hydroxyl groups is 1. The Kier molecular flexibility index (Phi) is 4.32. The molecular weight excluding hydrogens is 371 g/mol. The molecule has 1 N–H and O–H groups in total. The van der Waals surface area contributed by atoms with Gasteiger partial charge in [0, 0.05) is 4.47 Å². The van der Waals surface area contributed by atoms with E-state index in [2.05, 4.69) is 15.9 Å². The van der Waals surface area contributed by atoms with Crippen molar-refractivity contribution >= 4 is 15.9 Å². The summed E-state index contributed by atoms with van der Waals surface area (Å²) in [5.41, 5.74) is -4.61. The average Bonchev–Trinajstić information content (AvgIpc) is 2.46. The molecule has 0 saturated carbocycles. The Balaban J connectivity index is 2.73. The van der Waals surface area contributed by atoms with Gasteiger partial charge in [-0.2, -0.15) is 22.0 Å². The molecule has 2 aromatic rings. The highest BCUT2D eigenvalue weighted by atomic mass is 79.9. The van der Waals surface area contributed by atoms with E-state index in [1.165, 1.54) is 30.3 Å². The second kappa shape index (κ2) is 5.62. The van der Waals surface area contributed by atoms with Gasteiger partial charge in [0.15, 0.2) is 5.60 Å². The lowest BCUT2D eigenvalue weighted by molar-refractivity contribution is -0.336. The number of alkyl halides is 5. The lowest BCUT2D eigenvalue weighted by atomic mass is 9.80. The average molecular weight is 381 g/mol. The van der Waals surface area contributed by atoms with Gasteiger partial charge >= 0.3 is 12.1 Å². The fourth-order valence-corrected chi connectivity index (χ4v) is 2.37. The largest absolute Gasteiger partial charge is 0.457 e. The van der Waals surface area contributed by atoms with Crippen molar-refractivity contribution in [2.75, 3.05) is 0 Å². The van der Waals surface area contributed by atoms with E-state index in [0.29, 0.717) is 4.47 Å². The van der Waals surface area contributed by atoms with Crippen LogP contribution in [0.4, 0.5) is 22.0 Å². The van der Waals surface area contributed by atoms with Crippen LogP contribution in [0.3, 0.4) is 0 Å². The number of benzene rings is 2. The molecule has 0 aliphatic rings. The molecule has 0 aromatic heterocycles. The molecule has 0 radical (unpaired) electrons. The minimum absolute atomic E-state index is 0.488. The van der Waals surface area contributed by atoms with Gasteiger partial charge in [0.25, 0.3) is 0 Å². The van der Waals surface area contributed by atoms with E-state index in [0.717, 1.165) is 24.3 Å². The van der Waals surface area contributed by atoms with Crippen LogP contribution in [-0.2, 0) is 5.60 Å². The topological polar surface area (TPSA) is 20.2 Å². The van der Waals surface area contributed by atoms with Gasteiger partial charge in [0.05, 0.1) is 0 Å². The van der Waals surface area contributed by atoms with Gasteiger partial charge in [-0.3, -0.25) is 0 Å². The zero-order chi connectivity index (χ0) is 16.6. The smallest absolute Gasteiger partial charge is 0.374 e. The number of rotatable bonds is 3. The van der Waals surface area contributed by atoms with Crippen molar-refractivity contribution in [3.05, 3.63) is 70.2 Å². The molecule has 0 saturated heterocycles. The van der Waals surface area contributed by atoms with E-state index >= 15 is 0 Å². The van der Waals surface area contributed by atoms with Crippen LogP contribution < -0.4 is 0 Å². The van der Waals surface area contributed by atoms with Crippen molar-refractivity contribution in [1.82, 2.24) is 0 Å². The summed E-state index contributed by atoms with van der Waals surface area (Å²) >= 11 is 3.07. The highest BCUT2D eigenvalue weighted by Crippen LogP contribution is 2.51. The monoisotopic (exact) mass is 380 g/mol. The van der Waals surface area contributed by atoms with E-state index < -0.39 is 28.8 Å². The maximum Gasteiger partial charge on any atom is 0.457 e. The molecule has 0 amide bonds. The highest BCUT2D eigenvalue weighted by molar-refractivity contribution is 9.10. The van der Waals surface area contributed by atoms with E-state index in [-0.39, 0.29) is 0 Å². The van der Waals surface area contributed by atoms with Gasteiger partial charge in [-0.15, -0.1) is 0 Å². The summed E-state index contributed by atoms with van der Waals surface area (Å²) in [4.78, 5) is 0. The van der Waals surface area contributed by atoms with Crippen molar-refractivity contribution in [2.24, 2.45) is 0 Å². The molecule has 7 heteroatoms. The standard InChI is InChI=1S/C15H10BrF5O/c16-12-8-6-11(7-9-12)13(22,10-4-2-1-3-5-10)14(17,18)15(19,20)21/h1-9,22H. The molecule has 1 unspecified atom stereocenters. The van der Waals surface area contributed by atoms with E-state index in [1.54, 1.807) is 0 Å². The SMILES string of the molecule is OC(c1ccccc1)(c1ccc(Br)cc1)C(F)(F)C(F)(F)F. The van der Waals surface area contributed by atoms with Crippen LogP contribution >= 0.6 is 15.9 Å². The molecule has 1 atom stereocenters. The van der Waals surface area contributed by atoms with Crippen LogP contribution in [0.2, 0.25) is 0 Å². The maximum absolute atomic E-state index is 14.1. The van der Waals surface area contributed by atoms with E-state index in [9.17, 15) is 27.1 Å². The third-order valence-corrected chi connectivity index (χ3v) is 3.79. The molecule has 0 heterocycles. The predicted molar refractivity (Wildman–Crippen MR) is 74.6 cm³/mol. The summed E-state index contributed by atoms with van der Waals surface area (Å²) in [6, 6.07) is 10.7. The maximum atomic E-state index is 14.1. The van der Waals surface area contributed by atoms with Crippen LogP contribution in [0, 0.1) is 0 Å². The van der Waals surface area contributed by atoms with Gasteiger partial charge in [0.2, 0.25) is 0 Å². The van der Waals surface area contributed by atoms with Crippen LogP contribution in [0.25, 0.3) is 0 Å². The normalized spacial score (nSPS) is 15.4. The van der Waals surface area contributed by atoms with Crippen molar-refractivity contribution in [3.8, 4) is 0 Å². The van der Waals surface area contributed by atoms with Gasteiger partial charge < -0.3 is 5.11 Å². The Bertz CT molecular complexity index is 639. The second-order valence-corrected chi connectivity index (χ2v) is 5.57. The van der Waals surface area contributed by atoms with Crippen LogP contribution in [-0.4, -0.2) is 17.2 Å². The fourth-order valence-electron chi connectivity index (χ4n) is 2.10. The first kappa shape index (κ1) is 16.9. The highest BCUT2D eigenvalue weighted by Gasteiger charge is 2.71. The van der Waals surface area contributed by atoms with Crippen molar-refractivity contribution in [3.63, 3.8) is 0 Å². The molecular formula is C15H10BrF5O. The first-order chi connectivity index (χ1) is 10.1. The number of hydrogen-bond donors (Lipinski definition) is 1. The lowest BCUT2D eigenvalue weighted by Crippen LogP contribution is -2.55. The van der Waals surface area contributed by atoms with Gasteiger partial charge in [-0.25, -0.2) is 0 Å². The van der Waals surface area contributed by atoms with Crippen LogP contribution in [0.5, 0.6) is 0 Å². The Morgan fingerprint density at radius 2 is 1.18 bits per heavy atom. The fraction of sp³-hybridized carbons (Fsp3) is 0.200. The molecule has 0 aliphatic heterocycles. The van der Waals surface area contributed by atoms with Crippen molar-refractivity contribution in [1.29, 1.82) is 0 Å². The molecule has 0 aliphatic carbocycles. The first-order valence-electron chi connectivity index (χ1n) is 6.09. The summed E-state index contributed by atoms with van der Waals surface area (Å²) in [5.74, 6) is -5.37. The van der Waals surface area contributed by atoms with Gasteiger partial charge in [0.1, 0.15) is 0 Å². The third kappa shape index (κ3) is 2.63. The van der Waals surface area contributed by atoms with Gasteiger partial charge in [-0.1, -0.05) is 58.4 Å². The summed E-state index contributed by atoms with van der Waals surface area (Å²) < 4.78 is 67.2. The number of halogens is 6. The lowest BCUT2D eigenvalue weighted by Gasteiger charge is -2.37. The van der Waals surface area contributed by atoms with Crippen molar-refractivity contribution in [2.45, 2.75) is 17.7 Å². The molecule has 1 nitrogen and oxygen atoms in total. The zero-order valence-electron chi connectivity index (χ0n) is 10.9. The van der Waals surface area contributed by atoms with E-state index in [1.807, 2.05) is 0 Å². The van der Waals surface area contributed by atoms with Gasteiger partial charge in [-0.05, 0) is 23.3 Å². The minimum atomic E-state index is -5.91. The molecule has 0 spiro atoms. The molecule has 0 bridgehead atoms. The minimum Gasteiger partial charge on any atom is -0.374 e. The summed E-state index contributed by atoms with van der Waals surface area (Å²) in [6.07, 6.45) is -5.91. The number of hydrogen-bond acceptors (Lipinski definition) is 1.